The number of pyridine rings is 1. The molecule has 0 aliphatic carbocycles. The Kier molecular flexibility index (Phi) is 6.11. The zero-order valence-corrected chi connectivity index (χ0v) is 14.7. The molecule has 2 rings (SSSR count). The van der Waals surface area contributed by atoms with Gasteiger partial charge in [0, 0.05) is 36.3 Å². The minimum Gasteiger partial charge on any atom is -0.352 e. The van der Waals surface area contributed by atoms with E-state index in [4.69, 9.17) is 0 Å². The maximum atomic E-state index is 12.0. The second kappa shape index (κ2) is 8.28. The summed E-state index contributed by atoms with van der Waals surface area (Å²) in [5, 5.41) is 5.43. The van der Waals surface area contributed by atoms with Crippen LogP contribution in [-0.2, 0) is 11.3 Å². The van der Waals surface area contributed by atoms with Gasteiger partial charge in [-0.1, -0.05) is 17.7 Å². The molecule has 0 saturated heterocycles. The first kappa shape index (κ1) is 18.4. The molecule has 0 unspecified atom stereocenters. The quantitative estimate of drug-likeness (QED) is 0.747. The van der Waals surface area contributed by atoms with Crippen LogP contribution in [0.2, 0.25) is 0 Å². The van der Waals surface area contributed by atoms with E-state index in [1.807, 2.05) is 39.0 Å². The Morgan fingerprint density at radius 1 is 1.08 bits per heavy atom. The molecule has 2 aromatic rings. The average molecular weight is 341 g/mol. The van der Waals surface area contributed by atoms with E-state index in [1.165, 1.54) is 0 Å². The van der Waals surface area contributed by atoms with Crippen molar-refractivity contribution in [3.8, 4) is 0 Å². The van der Waals surface area contributed by atoms with Crippen LogP contribution in [0.5, 0.6) is 0 Å². The molecule has 0 radical (unpaired) electrons. The van der Waals surface area contributed by atoms with Gasteiger partial charge in [0.2, 0.25) is 5.91 Å². The lowest BCUT2D eigenvalue weighted by Gasteiger charge is -2.09. The lowest BCUT2D eigenvalue weighted by atomic mass is 10.1. The second-order valence-electron chi connectivity index (χ2n) is 6.10. The molecule has 2 amide bonds. The van der Waals surface area contributed by atoms with Gasteiger partial charge in [-0.2, -0.15) is 0 Å². The highest BCUT2D eigenvalue weighted by atomic mass is 16.2. The van der Waals surface area contributed by atoms with Crippen molar-refractivity contribution < 1.29 is 9.59 Å². The predicted octanol–water partition coefficient (Wildman–Crippen LogP) is 1.74. The molecule has 6 heteroatoms. The molecule has 0 saturated carbocycles. The Balaban J connectivity index is 1.80. The Bertz CT molecular complexity index is 840. The van der Waals surface area contributed by atoms with Crippen LogP contribution in [0, 0.1) is 20.8 Å². The summed E-state index contributed by atoms with van der Waals surface area (Å²) in [6, 6.07) is 9.12. The predicted molar refractivity (Wildman–Crippen MR) is 96.5 cm³/mol. The third-order valence-electron chi connectivity index (χ3n) is 3.87. The summed E-state index contributed by atoms with van der Waals surface area (Å²) >= 11 is 0. The number of nitrogens with one attached hydrogen (secondary N) is 3. The maximum Gasteiger partial charge on any atom is 0.253 e. The summed E-state index contributed by atoms with van der Waals surface area (Å²) < 4.78 is 0. The van der Waals surface area contributed by atoms with Gasteiger partial charge >= 0.3 is 0 Å². The van der Waals surface area contributed by atoms with Crippen LogP contribution in [0.3, 0.4) is 0 Å². The van der Waals surface area contributed by atoms with Gasteiger partial charge in [0.25, 0.3) is 11.5 Å². The smallest absolute Gasteiger partial charge is 0.253 e. The van der Waals surface area contributed by atoms with Crippen molar-refractivity contribution in [2.45, 2.75) is 33.7 Å². The first-order valence-electron chi connectivity index (χ1n) is 8.18. The Morgan fingerprint density at radius 3 is 2.52 bits per heavy atom. The number of hydrogen-bond donors (Lipinski definition) is 3. The van der Waals surface area contributed by atoms with Crippen molar-refractivity contribution in [2.24, 2.45) is 0 Å². The molecule has 0 fully saturated rings. The number of benzene rings is 1. The van der Waals surface area contributed by atoms with Crippen molar-refractivity contribution in [1.29, 1.82) is 0 Å². The molecule has 1 aromatic heterocycles. The number of hydrogen-bond acceptors (Lipinski definition) is 3. The fourth-order valence-electron chi connectivity index (χ4n) is 2.55. The number of aryl methyl sites for hydroxylation is 3. The Labute approximate surface area is 146 Å². The summed E-state index contributed by atoms with van der Waals surface area (Å²) in [7, 11) is 0. The molecule has 1 heterocycles. The van der Waals surface area contributed by atoms with Crippen molar-refractivity contribution >= 4 is 11.8 Å². The zero-order valence-electron chi connectivity index (χ0n) is 14.7. The van der Waals surface area contributed by atoms with E-state index in [2.05, 4.69) is 15.6 Å². The van der Waals surface area contributed by atoms with E-state index < -0.39 is 0 Å². The van der Waals surface area contributed by atoms with Gasteiger partial charge in [-0.25, -0.2) is 0 Å². The Morgan fingerprint density at radius 2 is 1.84 bits per heavy atom. The summed E-state index contributed by atoms with van der Waals surface area (Å²) in [5.41, 5.74) is 3.56. The SMILES string of the molecule is Cc1cccc(C(=O)NCCC(=O)NCc2c(C)cc(C)[nH]c2=O)c1. The zero-order chi connectivity index (χ0) is 18.4. The molecule has 3 N–H and O–H groups in total. The van der Waals surface area contributed by atoms with Crippen LogP contribution in [0.25, 0.3) is 0 Å². The molecule has 6 nitrogen and oxygen atoms in total. The highest BCUT2D eigenvalue weighted by Gasteiger charge is 2.09. The van der Waals surface area contributed by atoms with Crippen LogP contribution in [0.15, 0.2) is 35.1 Å². The average Bonchev–Trinajstić information content (AvgIpc) is 2.53. The van der Waals surface area contributed by atoms with Gasteiger partial charge in [-0.05, 0) is 44.5 Å². The van der Waals surface area contributed by atoms with Gasteiger partial charge in [0.15, 0.2) is 0 Å². The highest BCUT2D eigenvalue weighted by molar-refractivity contribution is 5.94. The molecule has 1 aromatic carbocycles. The second-order valence-corrected chi connectivity index (χ2v) is 6.10. The van der Waals surface area contributed by atoms with Crippen molar-refractivity contribution in [2.75, 3.05) is 6.54 Å². The molecule has 0 bridgehead atoms. The van der Waals surface area contributed by atoms with E-state index in [0.29, 0.717) is 11.1 Å². The van der Waals surface area contributed by atoms with Crippen molar-refractivity contribution in [1.82, 2.24) is 15.6 Å². The molecular weight excluding hydrogens is 318 g/mol. The number of rotatable bonds is 6. The minimum absolute atomic E-state index is 0.153. The summed E-state index contributed by atoms with van der Waals surface area (Å²) in [4.78, 5) is 38.5. The normalized spacial score (nSPS) is 10.4. The fraction of sp³-hybridized carbons (Fsp3) is 0.316. The summed E-state index contributed by atoms with van der Waals surface area (Å²) in [6.45, 7) is 5.98. The van der Waals surface area contributed by atoms with Gasteiger partial charge < -0.3 is 15.6 Å². The summed E-state index contributed by atoms with van der Waals surface area (Å²) in [6.07, 6.45) is 0.153. The minimum atomic E-state index is -0.219. The van der Waals surface area contributed by atoms with Crippen LogP contribution in [0.1, 0.15) is 39.2 Å². The van der Waals surface area contributed by atoms with E-state index in [0.717, 1.165) is 16.8 Å². The lowest BCUT2D eigenvalue weighted by molar-refractivity contribution is -0.121. The van der Waals surface area contributed by atoms with Gasteiger partial charge in [-0.15, -0.1) is 0 Å². The fourth-order valence-corrected chi connectivity index (χ4v) is 2.55. The number of carbonyl (C=O) groups excluding carboxylic acids is 2. The van der Waals surface area contributed by atoms with E-state index >= 15 is 0 Å². The number of aromatic nitrogens is 1. The van der Waals surface area contributed by atoms with E-state index in [-0.39, 0.29) is 36.9 Å². The monoisotopic (exact) mass is 341 g/mol. The van der Waals surface area contributed by atoms with Gasteiger partial charge in [0.1, 0.15) is 0 Å². The van der Waals surface area contributed by atoms with Gasteiger partial charge in [0.05, 0.1) is 0 Å². The largest absolute Gasteiger partial charge is 0.352 e. The molecule has 0 aliphatic heterocycles. The summed E-state index contributed by atoms with van der Waals surface area (Å²) in [5.74, 6) is -0.425. The third kappa shape index (κ3) is 5.31. The number of H-pyrrole nitrogens is 1. The molecule has 0 spiro atoms. The van der Waals surface area contributed by atoms with Crippen molar-refractivity contribution in [3.63, 3.8) is 0 Å². The highest BCUT2D eigenvalue weighted by Crippen LogP contribution is 2.04. The standard InChI is InChI=1S/C19H23N3O3/c1-12-5-4-6-15(9-12)18(24)20-8-7-17(23)21-11-16-13(2)10-14(3)22-19(16)25/h4-6,9-10H,7-8,11H2,1-3H3,(H,20,24)(H,21,23)(H,22,25). The number of carbonyl (C=O) groups is 2. The molecular formula is C19H23N3O3. The van der Waals surface area contributed by atoms with E-state index in [1.54, 1.807) is 12.1 Å². The lowest BCUT2D eigenvalue weighted by Crippen LogP contribution is -2.32. The molecule has 0 aliphatic rings. The maximum absolute atomic E-state index is 12.0. The van der Waals surface area contributed by atoms with Crippen LogP contribution in [-0.4, -0.2) is 23.3 Å². The molecule has 0 atom stereocenters. The third-order valence-corrected chi connectivity index (χ3v) is 3.87. The van der Waals surface area contributed by atoms with E-state index in [9.17, 15) is 14.4 Å². The first-order valence-corrected chi connectivity index (χ1v) is 8.18. The number of aromatic amines is 1. The van der Waals surface area contributed by atoms with Crippen molar-refractivity contribution in [3.05, 3.63) is 68.6 Å². The molecule has 132 valence electrons. The number of amides is 2. The van der Waals surface area contributed by atoms with Crippen LogP contribution in [0.4, 0.5) is 0 Å². The van der Waals surface area contributed by atoms with Crippen LogP contribution < -0.4 is 16.2 Å². The Hall–Kier alpha value is -2.89. The molecule has 25 heavy (non-hydrogen) atoms. The van der Waals surface area contributed by atoms with Crippen LogP contribution >= 0.6 is 0 Å². The van der Waals surface area contributed by atoms with Gasteiger partial charge in [-0.3, -0.25) is 14.4 Å². The topological polar surface area (TPSA) is 91.1 Å². The first-order chi connectivity index (χ1) is 11.9.